The van der Waals surface area contributed by atoms with E-state index in [1.54, 1.807) is 32.6 Å². The van der Waals surface area contributed by atoms with Gasteiger partial charge in [0.05, 0.1) is 12.2 Å². The fourth-order valence-electron chi connectivity index (χ4n) is 2.15. The number of aliphatic hydroxyl groups excluding tert-OH is 1. The number of esters is 2. The molecule has 0 aliphatic heterocycles. The molecule has 0 heterocycles. The number of hydrogen-bond acceptors (Lipinski definition) is 7. The Morgan fingerprint density at radius 2 is 1.20 bits per heavy atom. The first-order chi connectivity index (χ1) is 11.4. The van der Waals surface area contributed by atoms with E-state index in [2.05, 4.69) is 0 Å². The van der Waals surface area contributed by atoms with Gasteiger partial charge in [-0.2, -0.15) is 0 Å². The van der Waals surface area contributed by atoms with Crippen molar-refractivity contribution in [2.45, 2.75) is 91.0 Å². The minimum absolute atomic E-state index is 0.0958. The molecule has 0 aromatic rings. The fraction of sp³-hybridized carbons (Fsp3) is 0.824. The SMILES string of the molecule is CC(C)OC(=O)[C@@H](SC(=O)N(C(C)C)C(C)C)[C@@H](O)C(=O)OC(C)C. The first kappa shape index (κ1) is 23.7. The van der Waals surface area contributed by atoms with Crippen LogP contribution in [0.1, 0.15) is 55.4 Å². The first-order valence-corrected chi connectivity index (χ1v) is 9.34. The normalized spacial score (nSPS) is 14.0. The molecule has 2 atom stereocenters. The lowest BCUT2D eigenvalue weighted by molar-refractivity contribution is -0.163. The molecule has 0 aliphatic carbocycles. The van der Waals surface area contributed by atoms with Crippen molar-refractivity contribution >= 4 is 28.9 Å². The topological polar surface area (TPSA) is 93.1 Å². The number of carbonyl (C=O) groups is 3. The summed E-state index contributed by atoms with van der Waals surface area (Å²) in [6.45, 7) is 14.0. The van der Waals surface area contributed by atoms with Gasteiger partial charge < -0.3 is 19.5 Å². The Morgan fingerprint density at radius 3 is 1.56 bits per heavy atom. The molecular formula is C17H31NO6S. The van der Waals surface area contributed by atoms with E-state index in [9.17, 15) is 19.5 Å². The lowest BCUT2D eigenvalue weighted by Gasteiger charge is -2.31. The molecule has 0 fully saturated rings. The second-order valence-corrected chi connectivity index (χ2v) is 7.91. The van der Waals surface area contributed by atoms with E-state index < -0.39 is 40.7 Å². The summed E-state index contributed by atoms with van der Waals surface area (Å²) >= 11 is 0.585. The van der Waals surface area contributed by atoms with Crippen LogP contribution >= 0.6 is 11.8 Å². The van der Waals surface area contributed by atoms with Gasteiger partial charge in [0, 0.05) is 12.1 Å². The highest BCUT2D eigenvalue weighted by molar-refractivity contribution is 8.14. The maximum atomic E-state index is 12.6. The van der Waals surface area contributed by atoms with Gasteiger partial charge >= 0.3 is 11.9 Å². The monoisotopic (exact) mass is 377 g/mol. The van der Waals surface area contributed by atoms with Crippen LogP contribution in [0, 0.1) is 0 Å². The molecule has 0 radical (unpaired) electrons. The summed E-state index contributed by atoms with van der Waals surface area (Å²) in [4.78, 5) is 38.5. The van der Waals surface area contributed by atoms with Crippen molar-refractivity contribution in [3.63, 3.8) is 0 Å². The molecule has 1 amide bonds. The average Bonchev–Trinajstić information content (AvgIpc) is 2.41. The molecule has 0 saturated heterocycles. The molecule has 0 spiro atoms. The van der Waals surface area contributed by atoms with E-state index in [0.717, 1.165) is 0 Å². The molecule has 0 saturated carbocycles. The lowest BCUT2D eigenvalue weighted by atomic mass is 10.2. The number of nitrogens with zero attached hydrogens (tertiary/aromatic N) is 1. The predicted molar refractivity (Wildman–Crippen MR) is 97.3 cm³/mol. The quantitative estimate of drug-likeness (QED) is 0.650. The Hall–Kier alpha value is -1.28. The molecule has 0 bridgehead atoms. The van der Waals surface area contributed by atoms with Crippen LogP contribution in [0.3, 0.4) is 0 Å². The van der Waals surface area contributed by atoms with Crippen LogP contribution < -0.4 is 0 Å². The van der Waals surface area contributed by atoms with Crippen LogP contribution in [0.15, 0.2) is 0 Å². The molecule has 25 heavy (non-hydrogen) atoms. The third kappa shape index (κ3) is 8.09. The maximum absolute atomic E-state index is 12.6. The zero-order chi connectivity index (χ0) is 19.9. The molecular weight excluding hydrogens is 346 g/mol. The van der Waals surface area contributed by atoms with Crippen molar-refractivity contribution in [1.29, 1.82) is 0 Å². The smallest absolute Gasteiger partial charge is 0.337 e. The summed E-state index contributed by atoms with van der Waals surface area (Å²) < 4.78 is 10.0. The average molecular weight is 378 g/mol. The van der Waals surface area contributed by atoms with Crippen molar-refractivity contribution in [2.24, 2.45) is 0 Å². The van der Waals surface area contributed by atoms with E-state index in [4.69, 9.17) is 9.47 Å². The highest BCUT2D eigenvalue weighted by Crippen LogP contribution is 2.25. The Balaban J connectivity index is 5.41. The summed E-state index contributed by atoms with van der Waals surface area (Å²) in [5, 5.41) is 8.45. The molecule has 0 unspecified atom stereocenters. The van der Waals surface area contributed by atoms with Crippen LogP contribution in [0.25, 0.3) is 0 Å². The molecule has 0 aromatic carbocycles. The highest BCUT2D eigenvalue weighted by atomic mass is 32.2. The van der Waals surface area contributed by atoms with Gasteiger partial charge in [0.1, 0.15) is 5.25 Å². The third-order valence-electron chi connectivity index (χ3n) is 3.02. The summed E-state index contributed by atoms with van der Waals surface area (Å²) in [6.07, 6.45) is -2.68. The van der Waals surface area contributed by atoms with Crippen LogP contribution in [-0.4, -0.2) is 62.8 Å². The third-order valence-corrected chi connectivity index (χ3v) is 4.13. The zero-order valence-corrected chi connectivity index (χ0v) is 17.1. The summed E-state index contributed by atoms with van der Waals surface area (Å²) in [5.74, 6) is -1.78. The fourth-order valence-corrected chi connectivity index (χ4v) is 3.31. The predicted octanol–water partition coefficient (Wildman–Crippen LogP) is 2.59. The van der Waals surface area contributed by atoms with Crippen molar-refractivity contribution < 1.29 is 29.0 Å². The van der Waals surface area contributed by atoms with Gasteiger partial charge in [-0.25, -0.2) is 4.79 Å². The van der Waals surface area contributed by atoms with Gasteiger partial charge in [0.15, 0.2) is 6.10 Å². The standard InChI is InChI=1S/C17H31NO6S/c1-9(2)18(10(3)4)17(22)25-14(16(21)24-12(7)8)13(19)15(20)23-11(5)6/h9-14,19H,1-8H3/t13-,14+/m1/s1. The molecule has 1 N–H and O–H groups in total. The number of ether oxygens (including phenoxy) is 2. The summed E-state index contributed by atoms with van der Waals surface area (Å²) in [7, 11) is 0. The van der Waals surface area contributed by atoms with Gasteiger partial charge in [0.25, 0.3) is 5.24 Å². The van der Waals surface area contributed by atoms with Crippen LogP contribution in [0.5, 0.6) is 0 Å². The minimum atomic E-state index is -1.79. The summed E-state index contributed by atoms with van der Waals surface area (Å²) in [5.41, 5.74) is 0. The number of rotatable bonds is 8. The van der Waals surface area contributed by atoms with E-state index in [0.29, 0.717) is 11.8 Å². The van der Waals surface area contributed by atoms with Crippen molar-refractivity contribution in [2.75, 3.05) is 0 Å². The van der Waals surface area contributed by atoms with Crippen LogP contribution in [0.4, 0.5) is 4.79 Å². The second-order valence-electron chi connectivity index (χ2n) is 6.82. The second kappa shape index (κ2) is 10.7. The van der Waals surface area contributed by atoms with E-state index in [1.165, 1.54) is 0 Å². The van der Waals surface area contributed by atoms with E-state index in [1.807, 2.05) is 27.7 Å². The summed E-state index contributed by atoms with van der Waals surface area (Å²) in [6, 6.07) is -0.192. The van der Waals surface area contributed by atoms with Gasteiger partial charge in [-0.1, -0.05) is 0 Å². The van der Waals surface area contributed by atoms with Crippen molar-refractivity contribution in [1.82, 2.24) is 4.90 Å². The highest BCUT2D eigenvalue weighted by Gasteiger charge is 2.39. The Kier molecular flexibility index (Phi) is 10.1. The number of aliphatic hydroxyl groups is 1. The largest absolute Gasteiger partial charge is 0.462 e. The Morgan fingerprint density at radius 1 is 0.800 bits per heavy atom. The lowest BCUT2D eigenvalue weighted by Crippen LogP contribution is -2.45. The molecule has 0 aromatic heterocycles. The van der Waals surface area contributed by atoms with E-state index in [-0.39, 0.29) is 12.1 Å². The molecule has 0 aliphatic rings. The van der Waals surface area contributed by atoms with Crippen LogP contribution in [0.2, 0.25) is 0 Å². The van der Waals surface area contributed by atoms with Crippen LogP contribution in [-0.2, 0) is 19.1 Å². The molecule has 146 valence electrons. The zero-order valence-electron chi connectivity index (χ0n) is 16.3. The number of carbonyl (C=O) groups excluding carboxylic acids is 3. The maximum Gasteiger partial charge on any atom is 0.337 e. The number of thioether (sulfide) groups is 1. The number of hydrogen-bond donors (Lipinski definition) is 1. The molecule has 0 rings (SSSR count). The van der Waals surface area contributed by atoms with Crippen molar-refractivity contribution in [3.8, 4) is 0 Å². The van der Waals surface area contributed by atoms with Gasteiger partial charge in [-0.15, -0.1) is 0 Å². The van der Waals surface area contributed by atoms with Crippen molar-refractivity contribution in [3.05, 3.63) is 0 Å². The van der Waals surface area contributed by atoms with Gasteiger partial charge in [-0.3, -0.25) is 9.59 Å². The first-order valence-electron chi connectivity index (χ1n) is 8.46. The van der Waals surface area contributed by atoms with Gasteiger partial charge in [0.2, 0.25) is 0 Å². The molecule has 7 nitrogen and oxygen atoms in total. The number of amides is 1. The Labute approximate surface area is 154 Å². The molecule has 8 heteroatoms. The Bertz CT molecular complexity index is 456. The van der Waals surface area contributed by atoms with E-state index >= 15 is 0 Å². The minimum Gasteiger partial charge on any atom is -0.462 e. The van der Waals surface area contributed by atoms with Gasteiger partial charge in [-0.05, 0) is 67.2 Å².